The van der Waals surface area contributed by atoms with Gasteiger partial charge in [-0.2, -0.15) is 5.10 Å². The second kappa shape index (κ2) is 10.7. The number of amides is 1. The Bertz CT molecular complexity index is 1120. The molecule has 1 aliphatic heterocycles. The fourth-order valence-electron chi connectivity index (χ4n) is 4.22. The fourth-order valence-corrected chi connectivity index (χ4v) is 4.70. The molecule has 0 atom stereocenters. The van der Waals surface area contributed by atoms with Crippen molar-refractivity contribution >= 4 is 29.1 Å². The van der Waals surface area contributed by atoms with Crippen molar-refractivity contribution in [3.63, 3.8) is 0 Å². The molecule has 0 radical (unpaired) electrons. The Morgan fingerprint density at radius 2 is 1.82 bits per heavy atom. The van der Waals surface area contributed by atoms with Crippen molar-refractivity contribution in [3.8, 4) is 16.9 Å². The number of rotatable bonds is 7. The van der Waals surface area contributed by atoms with E-state index in [0.29, 0.717) is 28.0 Å². The minimum absolute atomic E-state index is 0.209. The standard InChI is InChI=1S/C25H29Cl2N5O/c1-17-23(25(33)30-31-14-3-2-4-15-31)29-32(22-12-11-20(26)16-21(22)27)24(17)19-9-7-18(8-10-19)6-5-13-28/h7-12,16H,2-6,13-15,28H2,1H3,(H,30,33). The Balaban J connectivity index is 1.75. The zero-order valence-electron chi connectivity index (χ0n) is 18.8. The summed E-state index contributed by atoms with van der Waals surface area (Å²) in [4.78, 5) is 13.2. The van der Waals surface area contributed by atoms with Gasteiger partial charge in [0.1, 0.15) is 0 Å². The first kappa shape index (κ1) is 23.8. The average molecular weight is 486 g/mol. The molecule has 0 spiro atoms. The van der Waals surface area contributed by atoms with Gasteiger partial charge in [-0.15, -0.1) is 0 Å². The molecule has 2 heterocycles. The summed E-state index contributed by atoms with van der Waals surface area (Å²) in [5.41, 5.74) is 13.5. The Morgan fingerprint density at radius 1 is 1.09 bits per heavy atom. The van der Waals surface area contributed by atoms with Crippen molar-refractivity contribution < 1.29 is 4.79 Å². The van der Waals surface area contributed by atoms with Crippen LogP contribution in [0.25, 0.3) is 16.9 Å². The minimum Gasteiger partial charge on any atom is -0.330 e. The van der Waals surface area contributed by atoms with Gasteiger partial charge in [-0.1, -0.05) is 53.9 Å². The summed E-state index contributed by atoms with van der Waals surface area (Å²) >= 11 is 12.7. The maximum absolute atomic E-state index is 13.2. The predicted octanol–water partition coefficient (Wildman–Crippen LogP) is 5.18. The zero-order chi connectivity index (χ0) is 23.4. The zero-order valence-corrected chi connectivity index (χ0v) is 20.3. The second-order valence-corrected chi connectivity index (χ2v) is 9.25. The number of nitrogens with two attached hydrogens (primary N) is 1. The SMILES string of the molecule is Cc1c(C(=O)NN2CCCCC2)nn(-c2ccc(Cl)cc2Cl)c1-c1ccc(CCCN)cc1. The maximum Gasteiger partial charge on any atom is 0.286 e. The molecule has 1 saturated heterocycles. The van der Waals surface area contributed by atoms with Crippen molar-refractivity contribution in [2.24, 2.45) is 5.73 Å². The van der Waals surface area contributed by atoms with Crippen LogP contribution in [0.2, 0.25) is 10.0 Å². The van der Waals surface area contributed by atoms with E-state index in [4.69, 9.17) is 34.0 Å². The molecular weight excluding hydrogens is 457 g/mol. The maximum atomic E-state index is 13.2. The van der Waals surface area contributed by atoms with Crippen LogP contribution in [0.3, 0.4) is 0 Å². The van der Waals surface area contributed by atoms with E-state index in [1.807, 2.05) is 18.0 Å². The number of piperidine rings is 1. The van der Waals surface area contributed by atoms with Crippen LogP contribution < -0.4 is 11.2 Å². The molecule has 4 rings (SSSR count). The van der Waals surface area contributed by atoms with Gasteiger partial charge in [0.05, 0.1) is 16.4 Å². The van der Waals surface area contributed by atoms with Crippen LogP contribution in [0, 0.1) is 6.92 Å². The number of hydrogen-bond acceptors (Lipinski definition) is 4. The number of nitrogens with one attached hydrogen (secondary N) is 1. The highest BCUT2D eigenvalue weighted by Gasteiger charge is 2.24. The van der Waals surface area contributed by atoms with E-state index in [1.165, 1.54) is 12.0 Å². The molecule has 33 heavy (non-hydrogen) atoms. The van der Waals surface area contributed by atoms with Gasteiger partial charge in [0.15, 0.2) is 5.69 Å². The van der Waals surface area contributed by atoms with Crippen molar-refractivity contribution in [2.45, 2.75) is 39.0 Å². The number of nitrogens with zero attached hydrogens (tertiary/aromatic N) is 3. The van der Waals surface area contributed by atoms with Crippen LogP contribution in [0.4, 0.5) is 0 Å². The average Bonchev–Trinajstić information content (AvgIpc) is 3.15. The quantitative estimate of drug-likeness (QED) is 0.483. The van der Waals surface area contributed by atoms with Gasteiger partial charge in [-0.25, -0.2) is 9.69 Å². The van der Waals surface area contributed by atoms with Gasteiger partial charge >= 0.3 is 0 Å². The molecule has 3 aromatic rings. The number of hydrazine groups is 1. The van der Waals surface area contributed by atoms with Crippen molar-refractivity contribution in [3.05, 3.63) is 69.3 Å². The Hall–Kier alpha value is -2.38. The van der Waals surface area contributed by atoms with E-state index < -0.39 is 0 Å². The Morgan fingerprint density at radius 3 is 2.48 bits per heavy atom. The monoisotopic (exact) mass is 485 g/mol. The van der Waals surface area contributed by atoms with E-state index in [0.717, 1.165) is 55.6 Å². The molecule has 2 aromatic carbocycles. The number of carbonyl (C=O) groups is 1. The highest BCUT2D eigenvalue weighted by Crippen LogP contribution is 2.33. The molecule has 0 aliphatic carbocycles. The summed E-state index contributed by atoms with van der Waals surface area (Å²) in [5.74, 6) is -0.209. The highest BCUT2D eigenvalue weighted by atomic mass is 35.5. The normalized spacial score (nSPS) is 14.4. The summed E-state index contributed by atoms with van der Waals surface area (Å²) < 4.78 is 1.74. The summed E-state index contributed by atoms with van der Waals surface area (Å²) in [6.45, 7) is 4.30. The molecule has 1 fully saturated rings. The van der Waals surface area contributed by atoms with Gasteiger partial charge in [-0.3, -0.25) is 10.2 Å². The summed E-state index contributed by atoms with van der Waals surface area (Å²) in [5, 5.41) is 7.71. The number of carbonyl (C=O) groups excluding carboxylic acids is 1. The first-order valence-electron chi connectivity index (χ1n) is 11.4. The lowest BCUT2D eigenvalue weighted by atomic mass is 10.0. The molecule has 1 aliphatic rings. The fraction of sp³-hybridized carbons (Fsp3) is 0.360. The second-order valence-electron chi connectivity index (χ2n) is 8.41. The van der Waals surface area contributed by atoms with Gasteiger partial charge in [0.25, 0.3) is 5.91 Å². The Labute approximate surface area is 204 Å². The number of benzene rings is 2. The molecule has 1 amide bonds. The van der Waals surface area contributed by atoms with Gasteiger partial charge in [0.2, 0.25) is 0 Å². The minimum atomic E-state index is -0.209. The molecule has 174 valence electrons. The molecule has 6 nitrogen and oxygen atoms in total. The molecule has 1 aromatic heterocycles. The molecule has 3 N–H and O–H groups in total. The summed E-state index contributed by atoms with van der Waals surface area (Å²) in [7, 11) is 0. The molecule has 0 bridgehead atoms. The molecule has 8 heteroatoms. The topological polar surface area (TPSA) is 76.2 Å². The number of aryl methyl sites for hydroxylation is 1. The number of hydrogen-bond donors (Lipinski definition) is 2. The van der Waals surface area contributed by atoms with Crippen LogP contribution >= 0.6 is 23.2 Å². The van der Waals surface area contributed by atoms with Crippen LogP contribution in [0.1, 0.15) is 47.3 Å². The molecular formula is C25H29Cl2N5O. The van der Waals surface area contributed by atoms with Crippen LogP contribution in [-0.2, 0) is 6.42 Å². The first-order chi connectivity index (χ1) is 16.0. The first-order valence-corrected chi connectivity index (χ1v) is 12.1. The third-order valence-electron chi connectivity index (χ3n) is 5.99. The lowest BCUT2D eigenvalue weighted by Crippen LogP contribution is -2.45. The summed E-state index contributed by atoms with van der Waals surface area (Å²) in [6, 6.07) is 13.6. The van der Waals surface area contributed by atoms with Crippen LogP contribution in [-0.4, -0.2) is 40.3 Å². The van der Waals surface area contributed by atoms with E-state index in [1.54, 1.807) is 16.8 Å². The van der Waals surface area contributed by atoms with Gasteiger partial charge in [0, 0.05) is 29.2 Å². The number of halogens is 2. The smallest absolute Gasteiger partial charge is 0.286 e. The van der Waals surface area contributed by atoms with E-state index >= 15 is 0 Å². The lowest BCUT2D eigenvalue weighted by Gasteiger charge is -2.26. The largest absolute Gasteiger partial charge is 0.330 e. The predicted molar refractivity (Wildman–Crippen MR) is 134 cm³/mol. The van der Waals surface area contributed by atoms with Crippen molar-refractivity contribution in [1.29, 1.82) is 0 Å². The van der Waals surface area contributed by atoms with E-state index in [-0.39, 0.29) is 5.91 Å². The number of aromatic nitrogens is 2. The van der Waals surface area contributed by atoms with Gasteiger partial charge in [-0.05, 0) is 62.9 Å². The third kappa shape index (κ3) is 5.41. The van der Waals surface area contributed by atoms with Crippen LogP contribution in [0.5, 0.6) is 0 Å². The van der Waals surface area contributed by atoms with Crippen LogP contribution in [0.15, 0.2) is 42.5 Å². The Kier molecular flexibility index (Phi) is 7.71. The summed E-state index contributed by atoms with van der Waals surface area (Å²) in [6.07, 6.45) is 5.23. The lowest BCUT2D eigenvalue weighted by molar-refractivity contribution is 0.0743. The molecule has 0 unspecified atom stereocenters. The van der Waals surface area contributed by atoms with Gasteiger partial charge < -0.3 is 5.73 Å². The van der Waals surface area contributed by atoms with E-state index in [9.17, 15) is 4.79 Å². The molecule has 0 saturated carbocycles. The van der Waals surface area contributed by atoms with Crippen molar-refractivity contribution in [1.82, 2.24) is 20.2 Å². The highest BCUT2D eigenvalue weighted by molar-refractivity contribution is 6.35. The third-order valence-corrected chi connectivity index (χ3v) is 6.53. The van der Waals surface area contributed by atoms with E-state index in [2.05, 4.69) is 29.7 Å². The van der Waals surface area contributed by atoms with Crippen molar-refractivity contribution in [2.75, 3.05) is 19.6 Å².